The maximum Gasteiger partial charge on any atom is 0.311 e. The lowest BCUT2D eigenvalue weighted by Crippen LogP contribution is -2.70. The Morgan fingerprint density at radius 1 is 0.965 bits per heavy atom. The van der Waals surface area contributed by atoms with Crippen LogP contribution in [0.2, 0.25) is 0 Å². The van der Waals surface area contributed by atoms with Crippen molar-refractivity contribution in [3.05, 3.63) is 0 Å². The van der Waals surface area contributed by atoms with Gasteiger partial charge in [0.05, 0.1) is 42.0 Å². The Morgan fingerprint density at radius 2 is 1.60 bits per heavy atom. The molecule has 3 fully saturated rings. The standard InChI is InChI=1S/C42H81N3O12/c1-15-18-45-22-24(4)35(47)41(12,50)31(16-2)55-37(48)28(8)34(56-32-21-40(11,52-14)42(51,29(9)54-32)23-44(13)17-3)27(7)36(39(10,49)20-25(45)5)57-38-33(46)30(43)19-26(6)53-38/h24-36,38,46-47,49-51H,15-23,43H2,1-14H3/t24-,25-,26-,27+,28-,29+,30+,31+,32?,33-,34-,35-,36-,38+,39-,40-,41-,42+/m1/s1. The Hall–Kier alpha value is -1.05. The van der Waals surface area contributed by atoms with Crippen LogP contribution in [0, 0.1) is 17.8 Å². The lowest BCUT2D eigenvalue weighted by molar-refractivity contribution is -0.338. The predicted molar refractivity (Wildman–Crippen MR) is 216 cm³/mol. The molecule has 0 amide bonds. The number of cyclic esters (lactones) is 1. The maximum absolute atomic E-state index is 14.4. The van der Waals surface area contributed by atoms with Crippen LogP contribution < -0.4 is 5.73 Å². The van der Waals surface area contributed by atoms with Crippen LogP contribution in [0.5, 0.6) is 0 Å². The smallest absolute Gasteiger partial charge is 0.311 e. The highest BCUT2D eigenvalue weighted by Crippen LogP contribution is 2.43. The Kier molecular flexibility index (Phi) is 17.8. The molecule has 0 spiro atoms. The Labute approximate surface area is 342 Å². The number of rotatable bonds is 11. The molecule has 0 aromatic carbocycles. The number of aliphatic hydroxyl groups is 5. The zero-order valence-electron chi connectivity index (χ0n) is 37.5. The monoisotopic (exact) mass is 820 g/mol. The first-order chi connectivity index (χ1) is 26.3. The summed E-state index contributed by atoms with van der Waals surface area (Å²) in [6.45, 7) is 23.8. The molecule has 57 heavy (non-hydrogen) atoms. The third kappa shape index (κ3) is 11.3. The minimum absolute atomic E-state index is 0.0883. The highest BCUT2D eigenvalue weighted by molar-refractivity contribution is 5.73. The molecule has 18 atom stereocenters. The van der Waals surface area contributed by atoms with Gasteiger partial charge in [-0.15, -0.1) is 0 Å². The van der Waals surface area contributed by atoms with Crippen molar-refractivity contribution in [3.8, 4) is 0 Å². The fourth-order valence-corrected chi connectivity index (χ4v) is 9.56. The van der Waals surface area contributed by atoms with Gasteiger partial charge in [0.15, 0.2) is 12.6 Å². The van der Waals surface area contributed by atoms with Crippen LogP contribution in [0.4, 0.5) is 0 Å². The van der Waals surface area contributed by atoms with Crippen molar-refractivity contribution in [3.63, 3.8) is 0 Å². The van der Waals surface area contributed by atoms with Crippen molar-refractivity contribution < 1.29 is 58.7 Å². The number of esters is 1. The van der Waals surface area contributed by atoms with Crippen LogP contribution in [0.15, 0.2) is 0 Å². The van der Waals surface area contributed by atoms with E-state index in [0.29, 0.717) is 26.1 Å². The summed E-state index contributed by atoms with van der Waals surface area (Å²) in [6, 6.07) is -0.885. The number of hydrogen-bond donors (Lipinski definition) is 6. The van der Waals surface area contributed by atoms with Gasteiger partial charge >= 0.3 is 5.97 Å². The molecule has 0 aliphatic carbocycles. The predicted octanol–water partition coefficient (Wildman–Crippen LogP) is 2.40. The number of likely N-dealkylation sites (N-methyl/N-ethyl adjacent to an activating group) is 1. The van der Waals surface area contributed by atoms with Gasteiger partial charge in [-0.25, -0.2) is 0 Å². The number of nitrogens with two attached hydrogens (primary N) is 1. The van der Waals surface area contributed by atoms with Crippen LogP contribution in [-0.4, -0.2) is 171 Å². The second kappa shape index (κ2) is 20.2. The van der Waals surface area contributed by atoms with E-state index < -0.39 is 101 Å². The van der Waals surface area contributed by atoms with Crippen LogP contribution in [0.1, 0.15) is 115 Å². The van der Waals surface area contributed by atoms with Crippen molar-refractivity contribution >= 4 is 5.97 Å². The number of hydrogen-bond acceptors (Lipinski definition) is 15. The zero-order chi connectivity index (χ0) is 43.4. The second-order valence-corrected chi connectivity index (χ2v) is 18.5. The van der Waals surface area contributed by atoms with Gasteiger partial charge in [-0.2, -0.15) is 0 Å². The van der Waals surface area contributed by atoms with E-state index >= 15 is 0 Å². The molecule has 1 unspecified atom stereocenters. The number of ether oxygens (including phenoxy) is 6. The van der Waals surface area contributed by atoms with Crippen molar-refractivity contribution in [2.24, 2.45) is 23.5 Å². The molecule has 0 aromatic heterocycles. The number of aliphatic hydroxyl groups excluding tert-OH is 2. The van der Waals surface area contributed by atoms with E-state index in [1.165, 1.54) is 14.0 Å². The van der Waals surface area contributed by atoms with Crippen LogP contribution in [0.25, 0.3) is 0 Å². The van der Waals surface area contributed by atoms with Gasteiger partial charge in [-0.1, -0.05) is 34.6 Å². The Balaban J connectivity index is 2.21. The van der Waals surface area contributed by atoms with Crippen molar-refractivity contribution in [2.45, 2.75) is 205 Å². The molecule has 3 saturated heterocycles. The van der Waals surface area contributed by atoms with E-state index in [-0.39, 0.29) is 38.0 Å². The summed E-state index contributed by atoms with van der Waals surface area (Å²) in [5, 5.41) is 59.6. The van der Waals surface area contributed by atoms with E-state index in [4.69, 9.17) is 34.2 Å². The van der Waals surface area contributed by atoms with Crippen LogP contribution >= 0.6 is 0 Å². The van der Waals surface area contributed by atoms with Crippen LogP contribution in [0.3, 0.4) is 0 Å². The van der Waals surface area contributed by atoms with Gasteiger partial charge in [-0.05, 0) is 100 Å². The van der Waals surface area contributed by atoms with Crippen molar-refractivity contribution in [1.29, 1.82) is 0 Å². The molecule has 3 aliphatic heterocycles. The summed E-state index contributed by atoms with van der Waals surface area (Å²) in [5.74, 6) is -2.98. The average Bonchev–Trinajstić information content (AvgIpc) is 3.13. The fourth-order valence-electron chi connectivity index (χ4n) is 9.56. The van der Waals surface area contributed by atoms with Crippen molar-refractivity contribution in [2.75, 3.05) is 40.3 Å². The van der Waals surface area contributed by atoms with E-state index in [9.17, 15) is 30.3 Å². The first kappa shape index (κ1) is 50.3. The first-order valence-electron chi connectivity index (χ1n) is 21.4. The molecule has 336 valence electrons. The zero-order valence-corrected chi connectivity index (χ0v) is 37.5. The highest BCUT2D eigenvalue weighted by Gasteiger charge is 2.59. The molecule has 15 nitrogen and oxygen atoms in total. The Morgan fingerprint density at radius 3 is 2.16 bits per heavy atom. The van der Waals surface area contributed by atoms with E-state index in [2.05, 4.69) is 11.8 Å². The number of carbonyl (C=O) groups is 1. The molecular weight excluding hydrogens is 738 g/mol. The van der Waals surface area contributed by atoms with Crippen molar-refractivity contribution in [1.82, 2.24) is 9.80 Å². The molecule has 0 bridgehead atoms. The third-order valence-electron chi connectivity index (χ3n) is 13.5. The summed E-state index contributed by atoms with van der Waals surface area (Å²) < 4.78 is 38.3. The highest BCUT2D eigenvalue weighted by atomic mass is 16.7. The topological polar surface area (TPSA) is 206 Å². The average molecular weight is 820 g/mol. The van der Waals surface area contributed by atoms with E-state index in [1.807, 2.05) is 53.5 Å². The molecule has 0 saturated carbocycles. The van der Waals surface area contributed by atoms with E-state index in [0.717, 1.165) is 6.42 Å². The van der Waals surface area contributed by atoms with Gasteiger partial charge in [0.25, 0.3) is 0 Å². The fraction of sp³-hybridized carbons (Fsp3) is 0.976. The molecule has 15 heteroatoms. The molecule has 3 aliphatic rings. The molecule has 3 heterocycles. The SMILES string of the molecule is CCCN1C[C@@H](C)[C@@H](O)[C@](C)(O)[C@H](CC)OC(=O)[C@H](C)[C@H](OC2C[C@@](C)(OC)[C@](O)(CN(C)CC)[C@H](C)O2)[C@H](C)[C@@H](O[C@@H]2O[C@H](C)C[C@H](N)[C@H]2O)[C@](C)(O)C[C@H]1C. The summed E-state index contributed by atoms with van der Waals surface area (Å²) in [5.41, 5.74) is 0.359. The van der Waals surface area contributed by atoms with Gasteiger partial charge in [0.2, 0.25) is 0 Å². The lowest BCUT2D eigenvalue weighted by atomic mass is 9.75. The molecule has 3 rings (SSSR count). The largest absolute Gasteiger partial charge is 0.459 e. The molecule has 0 radical (unpaired) electrons. The minimum Gasteiger partial charge on any atom is -0.459 e. The van der Waals surface area contributed by atoms with Gasteiger partial charge < -0.3 is 69.5 Å². The first-order valence-corrected chi connectivity index (χ1v) is 21.4. The van der Waals surface area contributed by atoms with Gasteiger partial charge in [-0.3, -0.25) is 4.79 Å². The quantitative estimate of drug-likeness (QED) is 0.166. The lowest BCUT2D eigenvalue weighted by Gasteiger charge is -2.54. The second-order valence-electron chi connectivity index (χ2n) is 18.5. The van der Waals surface area contributed by atoms with E-state index in [1.54, 1.807) is 27.7 Å². The summed E-state index contributed by atoms with van der Waals surface area (Å²) in [7, 11) is 3.45. The van der Waals surface area contributed by atoms with Gasteiger partial charge in [0.1, 0.15) is 29.0 Å². The number of carbonyl (C=O) groups excluding carboxylic acids is 1. The Bertz CT molecular complexity index is 1260. The normalized spacial score (nSPS) is 47.6. The molecule has 0 aromatic rings. The minimum atomic E-state index is -1.80. The van der Waals surface area contributed by atoms with Crippen LogP contribution in [-0.2, 0) is 33.2 Å². The maximum atomic E-state index is 14.4. The number of methoxy groups -OCH3 is 1. The third-order valence-corrected chi connectivity index (χ3v) is 13.5. The molecular formula is C42H81N3O12. The summed E-state index contributed by atoms with van der Waals surface area (Å²) in [6.07, 6.45) is -7.29. The summed E-state index contributed by atoms with van der Waals surface area (Å²) >= 11 is 0. The summed E-state index contributed by atoms with van der Waals surface area (Å²) in [4.78, 5) is 18.5. The number of nitrogens with zero attached hydrogens (tertiary/aromatic N) is 2. The van der Waals surface area contributed by atoms with Gasteiger partial charge in [0, 0.05) is 44.6 Å². The molecule has 7 N–H and O–H groups in total.